The lowest BCUT2D eigenvalue weighted by Crippen LogP contribution is -2.33. The van der Waals surface area contributed by atoms with Crippen molar-refractivity contribution in [3.8, 4) is 5.75 Å². The topological polar surface area (TPSA) is 63.7 Å². The van der Waals surface area contributed by atoms with Crippen LogP contribution in [0.2, 0.25) is 10.0 Å². The highest BCUT2D eigenvalue weighted by molar-refractivity contribution is 7.91. The fourth-order valence-electron chi connectivity index (χ4n) is 1.54. The molecule has 5 nitrogen and oxygen atoms in total. The summed E-state index contributed by atoms with van der Waals surface area (Å²) in [4.78, 5) is 11.9. The van der Waals surface area contributed by atoms with Gasteiger partial charge in [0.05, 0.1) is 5.02 Å². The molecule has 1 aromatic carbocycles. The van der Waals surface area contributed by atoms with Crippen LogP contribution in [0.5, 0.6) is 5.75 Å². The van der Waals surface area contributed by atoms with Crippen LogP contribution >= 0.6 is 34.5 Å². The molecule has 0 aliphatic heterocycles. The minimum absolute atomic E-state index is 0.123. The number of thiophene rings is 1. The summed E-state index contributed by atoms with van der Waals surface area (Å²) in [5.74, 6) is -0.621. The Balaban J connectivity index is 2.06. The van der Waals surface area contributed by atoms with Crippen LogP contribution in [-0.2, 0) is 14.8 Å². The van der Waals surface area contributed by atoms with Crippen molar-refractivity contribution in [2.45, 2.75) is 4.21 Å². The molecular formula is C13H11Cl2NO4S2. The number of nitrogens with zero attached hydrogens (tertiary/aromatic N) is 1. The van der Waals surface area contributed by atoms with Gasteiger partial charge < -0.3 is 4.74 Å². The van der Waals surface area contributed by atoms with Crippen molar-refractivity contribution in [2.75, 3.05) is 13.6 Å². The first-order valence-electron chi connectivity index (χ1n) is 5.96. The van der Waals surface area contributed by atoms with Gasteiger partial charge in [-0.2, -0.15) is 4.31 Å². The number of ether oxygens (including phenoxy) is 1. The van der Waals surface area contributed by atoms with Gasteiger partial charge in [0.1, 0.15) is 16.5 Å². The van der Waals surface area contributed by atoms with E-state index in [1.54, 1.807) is 11.4 Å². The molecule has 0 aliphatic rings. The molecule has 0 amide bonds. The first kappa shape index (κ1) is 17.2. The highest BCUT2D eigenvalue weighted by Gasteiger charge is 2.24. The maximum Gasteiger partial charge on any atom is 0.326 e. The number of hydrogen-bond acceptors (Lipinski definition) is 5. The fourth-order valence-corrected chi connectivity index (χ4v) is 4.31. The Bertz CT molecular complexity index is 775. The number of sulfonamides is 1. The van der Waals surface area contributed by atoms with Gasteiger partial charge in [-0.3, -0.25) is 4.79 Å². The third-order valence-corrected chi connectivity index (χ3v) is 6.34. The second kappa shape index (κ2) is 6.97. The normalized spacial score (nSPS) is 11.6. The second-order valence-electron chi connectivity index (χ2n) is 4.24. The van der Waals surface area contributed by atoms with Gasteiger partial charge in [0.25, 0.3) is 10.0 Å². The molecule has 22 heavy (non-hydrogen) atoms. The predicted octanol–water partition coefficient (Wildman–Crippen LogP) is 3.28. The molecule has 0 radical (unpaired) electrons. The maximum absolute atomic E-state index is 12.2. The summed E-state index contributed by atoms with van der Waals surface area (Å²) in [7, 11) is -2.40. The van der Waals surface area contributed by atoms with Gasteiger partial charge in [-0.25, -0.2) is 8.42 Å². The number of likely N-dealkylation sites (N-methyl/N-ethyl adjacent to an activating group) is 1. The number of carbonyl (C=O) groups excluding carboxylic acids is 1. The molecule has 0 saturated carbocycles. The van der Waals surface area contributed by atoms with Crippen molar-refractivity contribution < 1.29 is 17.9 Å². The van der Waals surface area contributed by atoms with Crippen molar-refractivity contribution >= 4 is 50.5 Å². The first-order chi connectivity index (χ1) is 10.3. The number of hydrogen-bond donors (Lipinski definition) is 0. The van der Waals surface area contributed by atoms with Crippen molar-refractivity contribution in [3.05, 3.63) is 45.8 Å². The van der Waals surface area contributed by atoms with Crippen LogP contribution in [-0.4, -0.2) is 32.3 Å². The minimum Gasteiger partial charge on any atom is -0.424 e. The molecule has 0 unspecified atom stereocenters. The van der Waals surface area contributed by atoms with E-state index in [4.69, 9.17) is 27.9 Å². The van der Waals surface area contributed by atoms with Gasteiger partial charge in [0.15, 0.2) is 0 Å². The van der Waals surface area contributed by atoms with E-state index in [9.17, 15) is 13.2 Å². The standard InChI is InChI=1S/C13H11Cl2NO4S2/c1-16(22(18,19)13-3-2-6-21-13)8-12(17)20-11-5-4-9(14)7-10(11)15/h2-7H,8H2,1H3. The van der Waals surface area contributed by atoms with E-state index in [2.05, 4.69) is 0 Å². The molecule has 9 heteroatoms. The summed E-state index contributed by atoms with van der Waals surface area (Å²) in [5.41, 5.74) is 0. The van der Waals surface area contributed by atoms with Gasteiger partial charge >= 0.3 is 5.97 Å². The summed E-state index contributed by atoms with van der Waals surface area (Å²) < 4.78 is 30.5. The zero-order valence-corrected chi connectivity index (χ0v) is 14.5. The average Bonchev–Trinajstić information content (AvgIpc) is 2.96. The third kappa shape index (κ3) is 3.99. The van der Waals surface area contributed by atoms with E-state index in [0.717, 1.165) is 15.6 Å². The number of halogens is 2. The molecule has 0 atom stereocenters. The average molecular weight is 380 g/mol. The van der Waals surface area contributed by atoms with Crippen molar-refractivity contribution in [1.82, 2.24) is 4.31 Å². The Labute approximate surface area is 142 Å². The van der Waals surface area contributed by atoms with Crippen LogP contribution in [0.4, 0.5) is 0 Å². The highest BCUT2D eigenvalue weighted by Crippen LogP contribution is 2.27. The van der Waals surface area contributed by atoms with E-state index in [1.807, 2.05) is 0 Å². The molecule has 1 aromatic heterocycles. The number of rotatable bonds is 5. The Morgan fingerprint density at radius 2 is 2.05 bits per heavy atom. The van der Waals surface area contributed by atoms with Crippen LogP contribution in [0.1, 0.15) is 0 Å². The molecule has 118 valence electrons. The summed E-state index contributed by atoms with van der Waals surface area (Å²) in [5, 5.41) is 2.22. The predicted molar refractivity (Wildman–Crippen MR) is 86.2 cm³/mol. The van der Waals surface area contributed by atoms with Gasteiger partial charge in [-0.05, 0) is 29.6 Å². The van der Waals surface area contributed by atoms with Crippen LogP contribution in [0.25, 0.3) is 0 Å². The quantitative estimate of drug-likeness (QED) is 0.590. The first-order valence-corrected chi connectivity index (χ1v) is 9.04. The van der Waals surface area contributed by atoms with Crippen molar-refractivity contribution in [1.29, 1.82) is 0 Å². The molecule has 0 fully saturated rings. The molecule has 0 saturated heterocycles. The number of carbonyl (C=O) groups is 1. The fraction of sp³-hybridized carbons (Fsp3) is 0.154. The van der Waals surface area contributed by atoms with Crippen molar-refractivity contribution in [2.24, 2.45) is 0 Å². The lowest BCUT2D eigenvalue weighted by Gasteiger charge is -2.15. The lowest BCUT2D eigenvalue weighted by atomic mass is 10.3. The number of benzene rings is 1. The Morgan fingerprint density at radius 3 is 2.64 bits per heavy atom. The van der Waals surface area contributed by atoms with E-state index in [-0.39, 0.29) is 15.0 Å². The highest BCUT2D eigenvalue weighted by atomic mass is 35.5. The molecule has 0 N–H and O–H groups in total. The summed E-state index contributed by atoms with van der Waals surface area (Å²) in [6, 6.07) is 7.48. The molecule has 2 rings (SSSR count). The summed E-state index contributed by atoms with van der Waals surface area (Å²) >= 11 is 12.7. The maximum atomic E-state index is 12.2. The summed E-state index contributed by atoms with van der Waals surface area (Å²) in [6.07, 6.45) is 0. The zero-order chi connectivity index (χ0) is 16.3. The van der Waals surface area contributed by atoms with Crippen molar-refractivity contribution in [3.63, 3.8) is 0 Å². The van der Waals surface area contributed by atoms with Crippen LogP contribution in [0.15, 0.2) is 39.9 Å². The molecule has 0 spiro atoms. The van der Waals surface area contributed by atoms with E-state index >= 15 is 0 Å². The monoisotopic (exact) mass is 379 g/mol. The zero-order valence-electron chi connectivity index (χ0n) is 11.3. The van der Waals surface area contributed by atoms with Gasteiger partial charge in [0.2, 0.25) is 0 Å². The van der Waals surface area contributed by atoms with E-state index in [0.29, 0.717) is 5.02 Å². The molecule has 1 heterocycles. The third-order valence-electron chi connectivity index (χ3n) is 2.63. The van der Waals surface area contributed by atoms with Gasteiger partial charge in [-0.15, -0.1) is 11.3 Å². The molecule has 0 bridgehead atoms. The van der Waals surface area contributed by atoms with Crippen LogP contribution in [0.3, 0.4) is 0 Å². The molecular weight excluding hydrogens is 369 g/mol. The van der Waals surface area contributed by atoms with Gasteiger partial charge in [-0.1, -0.05) is 29.3 Å². The minimum atomic E-state index is -3.70. The largest absolute Gasteiger partial charge is 0.424 e. The van der Waals surface area contributed by atoms with E-state index < -0.39 is 22.5 Å². The van der Waals surface area contributed by atoms with Gasteiger partial charge in [0, 0.05) is 12.1 Å². The SMILES string of the molecule is CN(CC(=O)Oc1ccc(Cl)cc1Cl)S(=O)(=O)c1cccs1. The Hall–Kier alpha value is -1.12. The van der Waals surface area contributed by atoms with E-state index in [1.165, 1.54) is 31.3 Å². The molecule has 0 aliphatic carbocycles. The Kier molecular flexibility index (Phi) is 5.46. The molecule has 2 aromatic rings. The van der Waals surface area contributed by atoms with Crippen LogP contribution in [0, 0.1) is 0 Å². The Morgan fingerprint density at radius 1 is 1.32 bits per heavy atom. The smallest absolute Gasteiger partial charge is 0.326 e. The lowest BCUT2D eigenvalue weighted by molar-refractivity contribution is -0.134. The summed E-state index contributed by atoms with van der Waals surface area (Å²) in [6.45, 7) is -0.431. The second-order valence-corrected chi connectivity index (χ2v) is 8.31. The van der Waals surface area contributed by atoms with Crippen LogP contribution < -0.4 is 4.74 Å². The number of esters is 1.